The van der Waals surface area contributed by atoms with Gasteiger partial charge in [0.15, 0.2) is 0 Å². The molecular weight excluding hydrogens is 194 g/mol. The van der Waals surface area contributed by atoms with Crippen LogP contribution in [0.2, 0.25) is 0 Å². The Hall–Kier alpha value is -1.36. The molecule has 0 aliphatic carbocycles. The molecule has 0 spiro atoms. The first-order valence-corrected chi connectivity index (χ1v) is 4.95. The molecule has 5 nitrogen and oxygen atoms in total. The number of hydrogen-bond donors (Lipinski definition) is 1. The summed E-state index contributed by atoms with van der Waals surface area (Å²) in [7, 11) is 1.58. The minimum atomic E-state index is -0.633. The third-order valence-electron chi connectivity index (χ3n) is 2.56. The lowest BCUT2D eigenvalue weighted by Gasteiger charge is -2.18. The number of nitrogens with zero attached hydrogens (tertiary/aromatic N) is 3. The third kappa shape index (κ3) is 2.18. The topological polar surface area (TPSA) is 58.5 Å². The zero-order valence-electron chi connectivity index (χ0n) is 8.97. The number of rotatable bonds is 2. The van der Waals surface area contributed by atoms with Gasteiger partial charge >= 0.3 is 0 Å². The Morgan fingerprint density at radius 3 is 3.00 bits per heavy atom. The van der Waals surface area contributed by atoms with Gasteiger partial charge in [-0.1, -0.05) is 0 Å². The monoisotopic (exact) mass is 209 g/mol. The normalized spacial score (nSPS) is 25.7. The standard InChI is InChI=1S/C10H15N3O2/c1-10(14)4-6-13(7-10)9-11-5-3-8(12-9)15-2/h3,5,14H,4,6-7H2,1-2H3. The highest BCUT2D eigenvalue weighted by Gasteiger charge is 2.32. The van der Waals surface area contributed by atoms with E-state index >= 15 is 0 Å². The summed E-state index contributed by atoms with van der Waals surface area (Å²) < 4.78 is 5.03. The second kappa shape index (κ2) is 3.66. The minimum absolute atomic E-state index is 0.548. The van der Waals surface area contributed by atoms with Gasteiger partial charge in [0.25, 0.3) is 0 Å². The second-order valence-electron chi connectivity index (χ2n) is 4.07. The van der Waals surface area contributed by atoms with Gasteiger partial charge in [0.2, 0.25) is 11.8 Å². The van der Waals surface area contributed by atoms with Crippen molar-refractivity contribution >= 4 is 5.95 Å². The minimum Gasteiger partial charge on any atom is -0.481 e. The number of hydrogen-bond acceptors (Lipinski definition) is 5. The van der Waals surface area contributed by atoms with E-state index in [2.05, 4.69) is 9.97 Å². The molecule has 0 amide bonds. The average molecular weight is 209 g/mol. The van der Waals surface area contributed by atoms with Crippen molar-refractivity contribution in [3.05, 3.63) is 12.3 Å². The van der Waals surface area contributed by atoms with Crippen LogP contribution in [0.15, 0.2) is 12.3 Å². The molecule has 0 aromatic carbocycles. The maximum Gasteiger partial charge on any atom is 0.228 e. The largest absolute Gasteiger partial charge is 0.481 e. The fourth-order valence-corrected chi connectivity index (χ4v) is 1.71. The highest BCUT2D eigenvalue weighted by atomic mass is 16.5. The van der Waals surface area contributed by atoms with Crippen LogP contribution in [0.4, 0.5) is 5.95 Å². The van der Waals surface area contributed by atoms with E-state index in [1.807, 2.05) is 11.8 Å². The van der Waals surface area contributed by atoms with Crippen LogP contribution in [0.1, 0.15) is 13.3 Å². The van der Waals surface area contributed by atoms with Crippen molar-refractivity contribution in [2.45, 2.75) is 18.9 Å². The highest BCUT2D eigenvalue weighted by Crippen LogP contribution is 2.24. The van der Waals surface area contributed by atoms with Crippen molar-refractivity contribution in [1.82, 2.24) is 9.97 Å². The SMILES string of the molecule is COc1ccnc(N2CCC(C)(O)C2)n1. The van der Waals surface area contributed by atoms with Crippen LogP contribution in [-0.4, -0.2) is 40.9 Å². The first kappa shape index (κ1) is 10.2. The molecule has 0 bridgehead atoms. The quantitative estimate of drug-likeness (QED) is 0.766. The molecule has 1 aromatic heterocycles. The molecule has 15 heavy (non-hydrogen) atoms. The second-order valence-corrected chi connectivity index (χ2v) is 4.07. The molecule has 0 saturated carbocycles. The van der Waals surface area contributed by atoms with Crippen molar-refractivity contribution < 1.29 is 9.84 Å². The summed E-state index contributed by atoms with van der Waals surface area (Å²) in [6.07, 6.45) is 2.40. The molecule has 2 heterocycles. The molecule has 1 aromatic rings. The smallest absolute Gasteiger partial charge is 0.228 e. The van der Waals surface area contributed by atoms with Crippen molar-refractivity contribution in [2.75, 3.05) is 25.1 Å². The van der Waals surface area contributed by atoms with Crippen LogP contribution in [0.25, 0.3) is 0 Å². The van der Waals surface area contributed by atoms with Crippen LogP contribution in [0, 0.1) is 0 Å². The van der Waals surface area contributed by atoms with Crippen molar-refractivity contribution in [3.8, 4) is 5.88 Å². The number of aliphatic hydroxyl groups is 1. The van der Waals surface area contributed by atoms with Gasteiger partial charge in [-0.15, -0.1) is 0 Å². The molecule has 1 saturated heterocycles. The molecule has 82 valence electrons. The van der Waals surface area contributed by atoms with Crippen molar-refractivity contribution in [2.24, 2.45) is 0 Å². The van der Waals surface area contributed by atoms with Gasteiger partial charge < -0.3 is 14.7 Å². The molecule has 1 unspecified atom stereocenters. The number of β-amino-alcohol motifs (C(OH)–C–C–N with tert-alkyl or cyclic N) is 1. The molecular formula is C10H15N3O2. The summed E-state index contributed by atoms with van der Waals surface area (Å²) in [5.74, 6) is 1.17. The molecule has 1 aliphatic heterocycles. The van der Waals surface area contributed by atoms with Crippen molar-refractivity contribution in [3.63, 3.8) is 0 Å². The average Bonchev–Trinajstić information content (AvgIpc) is 2.59. The number of aromatic nitrogens is 2. The van der Waals surface area contributed by atoms with Crippen LogP contribution in [-0.2, 0) is 0 Å². The van der Waals surface area contributed by atoms with Crippen LogP contribution < -0.4 is 9.64 Å². The Morgan fingerprint density at radius 2 is 2.40 bits per heavy atom. The van der Waals surface area contributed by atoms with E-state index in [1.165, 1.54) is 0 Å². The molecule has 1 N–H and O–H groups in total. The number of methoxy groups -OCH3 is 1. The number of ether oxygens (including phenoxy) is 1. The predicted octanol–water partition coefficient (Wildman–Crippen LogP) is 0.446. The molecule has 5 heteroatoms. The number of anilines is 1. The maximum atomic E-state index is 9.82. The zero-order valence-corrected chi connectivity index (χ0v) is 8.97. The van der Waals surface area contributed by atoms with E-state index in [1.54, 1.807) is 19.4 Å². The van der Waals surface area contributed by atoms with Gasteiger partial charge in [0.1, 0.15) is 0 Å². The first-order valence-electron chi connectivity index (χ1n) is 4.95. The zero-order chi connectivity index (χ0) is 10.9. The van der Waals surface area contributed by atoms with Gasteiger partial charge in [-0.2, -0.15) is 4.98 Å². The Morgan fingerprint density at radius 1 is 1.60 bits per heavy atom. The summed E-state index contributed by atoms with van der Waals surface area (Å²) in [4.78, 5) is 10.3. The summed E-state index contributed by atoms with van der Waals surface area (Å²) >= 11 is 0. The lowest BCUT2D eigenvalue weighted by atomic mass is 10.1. The van der Waals surface area contributed by atoms with E-state index in [0.717, 1.165) is 13.0 Å². The maximum absolute atomic E-state index is 9.82. The van der Waals surface area contributed by atoms with E-state index in [9.17, 15) is 5.11 Å². The molecule has 0 radical (unpaired) electrons. The molecule has 2 rings (SSSR count). The van der Waals surface area contributed by atoms with E-state index in [0.29, 0.717) is 18.4 Å². The fourth-order valence-electron chi connectivity index (χ4n) is 1.71. The summed E-state index contributed by atoms with van der Waals surface area (Å²) in [5.41, 5.74) is -0.633. The van der Waals surface area contributed by atoms with Crippen LogP contribution in [0.3, 0.4) is 0 Å². The van der Waals surface area contributed by atoms with Crippen molar-refractivity contribution in [1.29, 1.82) is 0 Å². The molecule has 1 fully saturated rings. The predicted molar refractivity (Wildman–Crippen MR) is 56.0 cm³/mol. The highest BCUT2D eigenvalue weighted by molar-refractivity contribution is 5.34. The Bertz CT molecular complexity index is 354. The van der Waals surface area contributed by atoms with Gasteiger partial charge in [-0.05, 0) is 13.3 Å². The lowest BCUT2D eigenvalue weighted by molar-refractivity contribution is 0.0838. The van der Waals surface area contributed by atoms with Gasteiger partial charge in [-0.3, -0.25) is 0 Å². The Balaban J connectivity index is 2.16. The van der Waals surface area contributed by atoms with Crippen LogP contribution >= 0.6 is 0 Å². The molecule has 1 aliphatic rings. The van der Waals surface area contributed by atoms with E-state index in [4.69, 9.17) is 4.74 Å². The fraction of sp³-hybridized carbons (Fsp3) is 0.600. The van der Waals surface area contributed by atoms with Crippen LogP contribution in [0.5, 0.6) is 5.88 Å². The summed E-state index contributed by atoms with van der Waals surface area (Å²) in [6, 6.07) is 1.71. The summed E-state index contributed by atoms with van der Waals surface area (Å²) in [5, 5.41) is 9.82. The Kier molecular flexibility index (Phi) is 2.48. The third-order valence-corrected chi connectivity index (χ3v) is 2.56. The van der Waals surface area contributed by atoms with Gasteiger partial charge in [0, 0.05) is 25.4 Å². The summed E-state index contributed by atoms with van der Waals surface area (Å²) in [6.45, 7) is 3.17. The van der Waals surface area contributed by atoms with Gasteiger partial charge in [0.05, 0.1) is 12.7 Å². The molecule has 1 atom stereocenters. The first-order chi connectivity index (χ1) is 7.11. The Labute approximate surface area is 88.7 Å². The van der Waals surface area contributed by atoms with E-state index in [-0.39, 0.29) is 0 Å². The van der Waals surface area contributed by atoms with E-state index < -0.39 is 5.60 Å². The lowest BCUT2D eigenvalue weighted by Crippen LogP contribution is -2.30. The van der Waals surface area contributed by atoms with Gasteiger partial charge in [-0.25, -0.2) is 4.98 Å².